The van der Waals surface area contributed by atoms with Gasteiger partial charge in [-0.1, -0.05) is 5.92 Å². The molecule has 0 aromatic heterocycles. The third-order valence-corrected chi connectivity index (χ3v) is 0.889. The summed E-state index contributed by atoms with van der Waals surface area (Å²) in [5.74, 6) is 3.64. The van der Waals surface area contributed by atoms with Crippen LogP contribution in [0.2, 0.25) is 0 Å². The van der Waals surface area contributed by atoms with Gasteiger partial charge in [-0.2, -0.15) is 8.42 Å². The molecule has 45 valence electrons. The first kappa shape index (κ1) is 7.47. The lowest BCUT2D eigenvalue weighted by atomic mass is 10.7. The van der Waals surface area contributed by atoms with Gasteiger partial charge in [-0.05, 0) is 0 Å². The summed E-state index contributed by atoms with van der Waals surface area (Å²) < 4.78 is 27.6. The zero-order valence-electron chi connectivity index (χ0n) is 4.09. The fraction of sp³-hybridized carbons (Fsp3) is 0.250. The van der Waals surface area contributed by atoms with E-state index in [9.17, 15) is 8.42 Å². The maximum Gasteiger partial charge on any atom is 0.276 e. The fourth-order valence-electron chi connectivity index (χ4n) is 0.142. The Bertz CT molecular complexity index is 203. The lowest BCUT2D eigenvalue weighted by Gasteiger charge is -1.81. The van der Waals surface area contributed by atoms with Crippen LogP contribution < -0.4 is 0 Å². The van der Waals surface area contributed by atoms with Crippen molar-refractivity contribution in [2.24, 2.45) is 0 Å². The molecule has 0 aliphatic rings. The van der Waals surface area contributed by atoms with Crippen LogP contribution in [-0.4, -0.2) is 18.7 Å². The fourth-order valence-corrected chi connectivity index (χ4v) is 0.427. The Labute approximate surface area is 48.5 Å². The second kappa shape index (κ2) is 2.70. The molecule has 0 bridgehead atoms. The molecular weight excluding hydrogens is 128 g/mol. The van der Waals surface area contributed by atoms with E-state index < -0.39 is 15.9 Å². The molecule has 3 nitrogen and oxygen atoms in total. The van der Waals surface area contributed by atoms with E-state index in [1.807, 2.05) is 0 Å². The van der Waals surface area contributed by atoms with Gasteiger partial charge < -0.3 is 0 Å². The summed E-state index contributed by atoms with van der Waals surface area (Å²) in [6, 6.07) is 0. The van der Waals surface area contributed by atoms with E-state index in [0.29, 0.717) is 0 Å². The van der Waals surface area contributed by atoms with Crippen LogP contribution in [-0.2, 0) is 10.1 Å². The second-order valence-electron chi connectivity index (χ2n) is 1.08. The van der Waals surface area contributed by atoms with Gasteiger partial charge in [0, 0.05) is 6.92 Å². The number of hydrogen-bond acceptors (Lipinski definition) is 2. The van der Waals surface area contributed by atoms with Crippen molar-refractivity contribution in [2.45, 2.75) is 0 Å². The average molecular weight is 133 g/mol. The minimum atomic E-state index is -3.90. The molecule has 0 saturated carbocycles. The smallest absolute Gasteiger partial charge is 0.276 e. The standard InChI is InChI=1S/C4H5O3S/c1-2-3-4-8(5,6)7/h1,4H2,(H,5,6,7). The highest BCUT2D eigenvalue weighted by molar-refractivity contribution is 7.86. The quantitative estimate of drug-likeness (QED) is 0.395. The molecular formula is C4H5O3S. The molecule has 0 aliphatic heterocycles. The molecule has 0 aromatic rings. The van der Waals surface area contributed by atoms with E-state index in [-0.39, 0.29) is 0 Å². The molecule has 0 spiro atoms. The third kappa shape index (κ3) is 5.47. The topological polar surface area (TPSA) is 54.4 Å². The van der Waals surface area contributed by atoms with Crippen LogP contribution >= 0.6 is 0 Å². The first-order valence-corrected chi connectivity index (χ1v) is 3.37. The lowest BCUT2D eigenvalue weighted by molar-refractivity contribution is 0.487. The largest absolute Gasteiger partial charge is 0.285 e. The SMILES string of the molecule is [CH2]C#CCS(=O)(=O)O. The van der Waals surface area contributed by atoms with E-state index in [0.717, 1.165) is 0 Å². The van der Waals surface area contributed by atoms with E-state index in [1.54, 1.807) is 0 Å². The molecule has 1 N–H and O–H groups in total. The summed E-state index contributed by atoms with van der Waals surface area (Å²) in [7, 11) is -3.90. The first-order valence-electron chi connectivity index (χ1n) is 1.76. The lowest BCUT2D eigenvalue weighted by Crippen LogP contribution is -2.00. The molecule has 0 unspecified atom stereocenters. The van der Waals surface area contributed by atoms with Crippen LogP contribution in [0.3, 0.4) is 0 Å². The molecule has 0 aliphatic carbocycles. The van der Waals surface area contributed by atoms with Crippen molar-refractivity contribution in [3.05, 3.63) is 6.92 Å². The van der Waals surface area contributed by atoms with Crippen molar-refractivity contribution in [2.75, 3.05) is 5.75 Å². The Hall–Kier alpha value is -0.530. The highest BCUT2D eigenvalue weighted by atomic mass is 32.2. The average Bonchev–Trinajstić information content (AvgIpc) is 1.59. The van der Waals surface area contributed by atoms with Gasteiger partial charge in [0.2, 0.25) is 0 Å². The first-order chi connectivity index (χ1) is 3.56. The van der Waals surface area contributed by atoms with Gasteiger partial charge in [-0.25, -0.2) is 0 Å². The Kier molecular flexibility index (Phi) is 2.52. The molecule has 0 heterocycles. The molecule has 0 aromatic carbocycles. The summed E-state index contributed by atoms with van der Waals surface area (Å²) in [6.45, 7) is 3.05. The van der Waals surface area contributed by atoms with Crippen LogP contribution in [0.25, 0.3) is 0 Å². The molecule has 0 rings (SSSR count). The molecule has 8 heavy (non-hydrogen) atoms. The Morgan fingerprint density at radius 2 is 2.12 bits per heavy atom. The van der Waals surface area contributed by atoms with E-state index in [2.05, 4.69) is 18.8 Å². The van der Waals surface area contributed by atoms with Gasteiger partial charge in [0.15, 0.2) is 0 Å². The summed E-state index contributed by atoms with van der Waals surface area (Å²) >= 11 is 0. The van der Waals surface area contributed by atoms with E-state index in [1.165, 1.54) is 0 Å². The maximum absolute atomic E-state index is 9.82. The van der Waals surface area contributed by atoms with Gasteiger partial charge in [0.25, 0.3) is 10.1 Å². The second-order valence-corrected chi connectivity index (χ2v) is 2.53. The number of rotatable bonds is 1. The molecule has 1 radical (unpaired) electrons. The normalized spacial score (nSPS) is 9.75. The number of hydrogen-bond donors (Lipinski definition) is 1. The van der Waals surface area contributed by atoms with Crippen LogP contribution in [0.15, 0.2) is 0 Å². The highest BCUT2D eigenvalue weighted by Gasteiger charge is 1.97. The molecule has 0 atom stereocenters. The van der Waals surface area contributed by atoms with Gasteiger partial charge in [-0.15, -0.1) is 5.92 Å². The maximum atomic E-state index is 9.82. The van der Waals surface area contributed by atoms with Crippen LogP contribution in [0.5, 0.6) is 0 Å². The van der Waals surface area contributed by atoms with Gasteiger partial charge >= 0.3 is 0 Å². The van der Waals surface area contributed by atoms with Crippen LogP contribution in [0.4, 0.5) is 0 Å². The summed E-state index contributed by atoms with van der Waals surface area (Å²) in [5, 5.41) is 0. The van der Waals surface area contributed by atoms with Crippen molar-refractivity contribution >= 4 is 10.1 Å². The van der Waals surface area contributed by atoms with Crippen molar-refractivity contribution in [3.8, 4) is 11.8 Å². The van der Waals surface area contributed by atoms with Gasteiger partial charge in [0.05, 0.1) is 0 Å². The summed E-state index contributed by atoms with van der Waals surface area (Å²) in [6.07, 6.45) is 0. The van der Waals surface area contributed by atoms with Gasteiger partial charge in [0.1, 0.15) is 5.75 Å². The minimum absolute atomic E-state index is 0.531. The summed E-state index contributed by atoms with van der Waals surface area (Å²) in [4.78, 5) is 0. The minimum Gasteiger partial charge on any atom is -0.285 e. The monoisotopic (exact) mass is 133 g/mol. The van der Waals surface area contributed by atoms with E-state index >= 15 is 0 Å². The van der Waals surface area contributed by atoms with Gasteiger partial charge in [-0.3, -0.25) is 4.55 Å². The van der Waals surface area contributed by atoms with Crippen LogP contribution in [0.1, 0.15) is 0 Å². The Morgan fingerprint density at radius 3 is 2.25 bits per heavy atom. The molecule has 0 amide bonds. The van der Waals surface area contributed by atoms with Crippen LogP contribution in [0, 0.1) is 18.8 Å². The Morgan fingerprint density at radius 1 is 1.62 bits per heavy atom. The summed E-state index contributed by atoms with van der Waals surface area (Å²) in [5.41, 5.74) is 0. The van der Waals surface area contributed by atoms with E-state index in [4.69, 9.17) is 4.55 Å². The molecule has 0 fully saturated rings. The third-order valence-electron chi connectivity index (χ3n) is 0.380. The van der Waals surface area contributed by atoms with Crippen molar-refractivity contribution < 1.29 is 13.0 Å². The predicted molar refractivity (Wildman–Crippen MR) is 29.5 cm³/mol. The highest BCUT2D eigenvalue weighted by Crippen LogP contribution is 1.76. The molecule has 0 saturated heterocycles. The van der Waals surface area contributed by atoms with Crippen molar-refractivity contribution in [1.82, 2.24) is 0 Å². The zero-order chi connectivity index (χ0) is 6.62. The molecule has 4 heteroatoms. The van der Waals surface area contributed by atoms with Crippen molar-refractivity contribution in [3.63, 3.8) is 0 Å². The Balaban J connectivity index is 3.89. The van der Waals surface area contributed by atoms with Crippen molar-refractivity contribution in [1.29, 1.82) is 0 Å². The zero-order valence-corrected chi connectivity index (χ0v) is 4.90. The predicted octanol–water partition coefficient (Wildman–Crippen LogP) is -0.288.